The van der Waals surface area contributed by atoms with Gasteiger partial charge in [0.25, 0.3) is 5.91 Å². The van der Waals surface area contributed by atoms with E-state index in [1.807, 2.05) is 35.7 Å². The molecule has 1 N–H and O–H groups in total. The van der Waals surface area contributed by atoms with E-state index in [0.29, 0.717) is 50.4 Å². The van der Waals surface area contributed by atoms with E-state index in [2.05, 4.69) is 21.7 Å². The van der Waals surface area contributed by atoms with Crippen LogP contribution >= 0.6 is 11.3 Å². The molecule has 0 radical (unpaired) electrons. The fourth-order valence-electron chi connectivity index (χ4n) is 4.60. The molecule has 2 aliphatic heterocycles. The number of piperidine rings is 1. The van der Waals surface area contributed by atoms with Gasteiger partial charge in [0.1, 0.15) is 11.9 Å². The summed E-state index contributed by atoms with van der Waals surface area (Å²) in [6, 6.07) is 11.8. The molecule has 184 valence electrons. The minimum atomic E-state index is -0.160. The first-order chi connectivity index (χ1) is 17.1. The number of fused-ring (bicyclic) bond motifs is 1. The summed E-state index contributed by atoms with van der Waals surface area (Å²) in [5, 5.41) is 13.5. The number of methoxy groups -OCH3 is 1. The average molecular weight is 496 g/mol. The lowest BCUT2D eigenvalue weighted by molar-refractivity contribution is -0.126. The number of hydrogen-bond donors (Lipinski definition) is 1. The van der Waals surface area contributed by atoms with E-state index in [4.69, 9.17) is 9.47 Å². The topological polar surface area (TPSA) is 98.6 Å². The van der Waals surface area contributed by atoms with Crippen molar-refractivity contribution in [3.8, 4) is 5.75 Å². The van der Waals surface area contributed by atoms with Gasteiger partial charge in [-0.15, -0.1) is 16.4 Å². The number of carbonyl (C=O) groups is 2. The van der Waals surface area contributed by atoms with Gasteiger partial charge >= 0.3 is 0 Å². The second-order valence-electron chi connectivity index (χ2n) is 8.83. The lowest BCUT2D eigenvalue weighted by Gasteiger charge is -2.31. The zero-order valence-corrected chi connectivity index (χ0v) is 20.5. The molecular formula is C25H29N5O4S. The molecule has 1 saturated heterocycles. The van der Waals surface area contributed by atoms with Gasteiger partial charge in [-0.25, -0.2) is 4.68 Å². The number of rotatable bonds is 7. The van der Waals surface area contributed by atoms with Crippen molar-refractivity contribution in [2.45, 2.75) is 38.5 Å². The highest BCUT2D eigenvalue weighted by molar-refractivity contribution is 7.09. The van der Waals surface area contributed by atoms with Crippen molar-refractivity contribution in [2.75, 3.05) is 26.7 Å². The van der Waals surface area contributed by atoms with Crippen LogP contribution in [0.1, 0.15) is 45.6 Å². The third kappa shape index (κ3) is 5.23. The summed E-state index contributed by atoms with van der Waals surface area (Å²) >= 11 is 1.70. The fourth-order valence-corrected chi connectivity index (χ4v) is 5.31. The Morgan fingerprint density at radius 3 is 2.71 bits per heavy atom. The maximum Gasteiger partial charge on any atom is 0.276 e. The monoisotopic (exact) mass is 495 g/mol. The lowest BCUT2D eigenvalue weighted by Crippen LogP contribution is -2.43. The number of thiophene rings is 1. The molecule has 2 aliphatic rings. The highest BCUT2D eigenvalue weighted by Gasteiger charge is 2.33. The van der Waals surface area contributed by atoms with Crippen LogP contribution in [-0.4, -0.2) is 58.5 Å². The molecule has 0 spiro atoms. The number of ether oxygens (including phenoxy) is 2. The Morgan fingerprint density at radius 2 is 2.00 bits per heavy atom. The molecule has 35 heavy (non-hydrogen) atoms. The van der Waals surface area contributed by atoms with Gasteiger partial charge < -0.3 is 19.7 Å². The summed E-state index contributed by atoms with van der Waals surface area (Å²) in [5.74, 6) is 0.658. The molecule has 0 aliphatic carbocycles. The van der Waals surface area contributed by atoms with Crippen LogP contribution in [-0.2, 0) is 29.1 Å². The Bertz CT molecular complexity index is 1150. The van der Waals surface area contributed by atoms with Crippen LogP contribution < -0.4 is 10.1 Å². The van der Waals surface area contributed by atoms with E-state index in [1.54, 1.807) is 28.0 Å². The first-order valence-corrected chi connectivity index (χ1v) is 12.8. The number of aromatic nitrogens is 3. The van der Waals surface area contributed by atoms with Gasteiger partial charge in [0.05, 0.1) is 26.0 Å². The highest BCUT2D eigenvalue weighted by atomic mass is 32.1. The molecule has 10 heteroatoms. The predicted octanol–water partition coefficient (Wildman–Crippen LogP) is 2.83. The normalized spacial score (nSPS) is 18.2. The van der Waals surface area contributed by atoms with Crippen LogP contribution in [0.15, 0.2) is 41.8 Å². The van der Waals surface area contributed by atoms with Crippen LogP contribution in [0.25, 0.3) is 0 Å². The van der Waals surface area contributed by atoms with Crippen LogP contribution in [0.4, 0.5) is 0 Å². The first-order valence-electron chi connectivity index (χ1n) is 11.9. The van der Waals surface area contributed by atoms with E-state index in [-0.39, 0.29) is 30.4 Å². The Morgan fingerprint density at radius 1 is 1.20 bits per heavy atom. The standard InChI is InChI=1S/C25H29N5O4S/c1-33-19-6-4-17(5-7-19)22-15-30-21(16-34-22)23(27-28-30)25(32)29-12-9-18(10-13-29)24(31)26-11-8-20-3-2-14-35-20/h2-7,14,18,22H,8-13,15-16H2,1H3,(H,26,31). The summed E-state index contributed by atoms with van der Waals surface area (Å²) in [4.78, 5) is 28.8. The van der Waals surface area contributed by atoms with Crippen LogP contribution in [0, 0.1) is 5.92 Å². The maximum atomic E-state index is 13.2. The Hall–Kier alpha value is -3.24. The summed E-state index contributed by atoms with van der Waals surface area (Å²) in [6.07, 6.45) is 1.99. The zero-order valence-electron chi connectivity index (χ0n) is 19.7. The van der Waals surface area contributed by atoms with E-state index in [1.165, 1.54) is 4.88 Å². The van der Waals surface area contributed by atoms with Gasteiger partial charge in [0.15, 0.2) is 5.69 Å². The SMILES string of the molecule is COc1ccc(C2Cn3nnc(C(=O)N4CCC(C(=O)NCCc5cccs5)CC4)c3CO2)cc1. The number of benzene rings is 1. The Labute approximate surface area is 208 Å². The molecule has 1 unspecified atom stereocenters. The Kier molecular flexibility index (Phi) is 7.10. The molecule has 5 rings (SSSR count). The highest BCUT2D eigenvalue weighted by Crippen LogP contribution is 2.29. The van der Waals surface area contributed by atoms with Gasteiger partial charge in [0, 0.05) is 30.4 Å². The van der Waals surface area contributed by atoms with Crippen molar-refractivity contribution in [1.29, 1.82) is 0 Å². The molecule has 2 aromatic heterocycles. The van der Waals surface area contributed by atoms with Crippen molar-refractivity contribution in [1.82, 2.24) is 25.2 Å². The van der Waals surface area contributed by atoms with Gasteiger partial charge in [-0.1, -0.05) is 23.4 Å². The number of nitrogens with zero attached hydrogens (tertiary/aromatic N) is 4. The zero-order chi connectivity index (χ0) is 24.2. The van der Waals surface area contributed by atoms with Crippen molar-refractivity contribution in [3.63, 3.8) is 0 Å². The van der Waals surface area contributed by atoms with Gasteiger partial charge in [0.2, 0.25) is 5.91 Å². The number of amides is 2. The minimum absolute atomic E-state index is 0.0648. The van der Waals surface area contributed by atoms with E-state index in [0.717, 1.165) is 17.7 Å². The van der Waals surface area contributed by atoms with Gasteiger partial charge in [-0.3, -0.25) is 9.59 Å². The van der Waals surface area contributed by atoms with Crippen molar-refractivity contribution in [3.05, 3.63) is 63.6 Å². The molecule has 2 amide bonds. The van der Waals surface area contributed by atoms with Crippen molar-refractivity contribution < 1.29 is 19.1 Å². The molecule has 0 bridgehead atoms. The number of nitrogens with one attached hydrogen (secondary N) is 1. The van der Waals surface area contributed by atoms with Crippen LogP contribution in [0.3, 0.4) is 0 Å². The van der Waals surface area contributed by atoms with Crippen molar-refractivity contribution >= 4 is 23.2 Å². The van der Waals surface area contributed by atoms with Crippen LogP contribution in [0.2, 0.25) is 0 Å². The average Bonchev–Trinajstić information content (AvgIpc) is 3.58. The lowest BCUT2D eigenvalue weighted by atomic mass is 9.95. The number of carbonyl (C=O) groups excluding carboxylic acids is 2. The number of hydrogen-bond acceptors (Lipinski definition) is 7. The van der Waals surface area contributed by atoms with E-state index in [9.17, 15) is 9.59 Å². The summed E-state index contributed by atoms with van der Waals surface area (Å²) < 4.78 is 13.0. The third-order valence-corrected chi connectivity index (χ3v) is 7.63. The minimum Gasteiger partial charge on any atom is -0.497 e. The predicted molar refractivity (Wildman–Crippen MR) is 130 cm³/mol. The van der Waals surface area contributed by atoms with E-state index < -0.39 is 0 Å². The quantitative estimate of drug-likeness (QED) is 0.541. The second-order valence-corrected chi connectivity index (χ2v) is 9.86. The molecule has 0 saturated carbocycles. The van der Waals surface area contributed by atoms with Crippen molar-refractivity contribution in [2.24, 2.45) is 5.92 Å². The smallest absolute Gasteiger partial charge is 0.276 e. The summed E-state index contributed by atoms with van der Waals surface area (Å²) in [5.41, 5.74) is 2.07. The molecule has 3 aromatic rings. The summed E-state index contributed by atoms with van der Waals surface area (Å²) in [6.45, 7) is 2.47. The third-order valence-electron chi connectivity index (χ3n) is 6.69. The molecule has 1 fully saturated rings. The molecular weight excluding hydrogens is 466 g/mol. The molecule has 1 aromatic carbocycles. The molecule has 9 nitrogen and oxygen atoms in total. The fraction of sp³-hybridized carbons (Fsp3) is 0.440. The molecule has 1 atom stereocenters. The molecule has 4 heterocycles. The summed E-state index contributed by atoms with van der Waals surface area (Å²) in [7, 11) is 1.64. The van der Waals surface area contributed by atoms with Gasteiger partial charge in [-0.05, 0) is 48.4 Å². The number of likely N-dealkylation sites (tertiary alicyclic amines) is 1. The van der Waals surface area contributed by atoms with E-state index >= 15 is 0 Å². The van der Waals surface area contributed by atoms with Crippen LogP contribution in [0.5, 0.6) is 5.75 Å². The second kappa shape index (κ2) is 10.6. The van der Waals surface area contributed by atoms with Gasteiger partial charge in [-0.2, -0.15) is 0 Å². The first kappa shape index (κ1) is 23.5. The maximum absolute atomic E-state index is 13.2. The largest absolute Gasteiger partial charge is 0.497 e. The Balaban J connectivity index is 1.13.